The van der Waals surface area contributed by atoms with Gasteiger partial charge in [0.05, 0.1) is 24.7 Å². The summed E-state index contributed by atoms with van der Waals surface area (Å²) in [6.45, 7) is 2.49. The molecular weight excluding hydrogens is 650 g/mol. The van der Waals surface area contributed by atoms with Gasteiger partial charge in [-0.1, -0.05) is 24.3 Å². The minimum atomic E-state index is -0.110. The topological polar surface area (TPSA) is 103 Å². The van der Waals surface area contributed by atoms with Crippen LogP contribution in [0.5, 0.6) is 11.5 Å². The van der Waals surface area contributed by atoms with Crippen LogP contribution in [0.25, 0.3) is 33.4 Å². The number of nitrogens with zero attached hydrogens (tertiary/aromatic N) is 4. The molecule has 0 radical (unpaired) electrons. The smallest absolute Gasteiger partial charge is 0.258 e. The number of carbonyl (C=O) groups is 1. The molecule has 1 aliphatic carbocycles. The van der Waals surface area contributed by atoms with E-state index in [1.807, 2.05) is 78.4 Å². The molecule has 5 aromatic rings. The van der Waals surface area contributed by atoms with Crippen molar-refractivity contribution in [3.05, 3.63) is 79.1 Å². The molecule has 2 aromatic heterocycles. The summed E-state index contributed by atoms with van der Waals surface area (Å²) < 4.78 is 13.5. The van der Waals surface area contributed by atoms with Crippen molar-refractivity contribution in [2.75, 3.05) is 18.5 Å². The first kappa shape index (κ1) is 27.4. The summed E-state index contributed by atoms with van der Waals surface area (Å²) in [5.74, 6) is 2.43. The molecule has 0 bridgehead atoms. The van der Waals surface area contributed by atoms with E-state index in [4.69, 9.17) is 19.4 Å². The first-order valence-electron chi connectivity index (χ1n) is 13.3. The van der Waals surface area contributed by atoms with Gasteiger partial charge in [0.2, 0.25) is 0 Å². The monoisotopic (exact) mass is 678 g/mol. The van der Waals surface area contributed by atoms with Crippen molar-refractivity contribution in [3.63, 3.8) is 0 Å². The van der Waals surface area contributed by atoms with Crippen molar-refractivity contribution in [2.45, 2.75) is 25.8 Å². The first-order valence-corrected chi connectivity index (χ1v) is 17.4. The lowest BCUT2D eigenvalue weighted by molar-refractivity contribution is -0.123. The van der Waals surface area contributed by atoms with Crippen LogP contribution in [-0.2, 0) is 4.79 Å². The Labute approximate surface area is 252 Å². The van der Waals surface area contributed by atoms with Gasteiger partial charge in [-0.15, -0.1) is 0 Å². The number of aromatic nitrogens is 4. The summed E-state index contributed by atoms with van der Waals surface area (Å²) in [7, 11) is 0. The molecule has 1 atom stereocenters. The quantitative estimate of drug-likeness (QED) is 0.118. The molecule has 0 saturated heterocycles. The zero-order chi connectivity index (χ0) is 28.2. The molecule has 6 rings (SSSR count). The summed E-state index contributed by atoms with van der Waals surface area (Å²) in [6, 6.07) is 21.8. The summed E-state index contributed by atoms with van der Waals surface area (Å²) >= 11 is 2.31. The average Bonchev–Trinajstić information content (AvgIpc) is 3.68. The predicted molar refractivity (Wildman–Crippen MR) is 171 cm³/mol. The largest absolute Gasteiger partial charge is 0.494 e. The number of amides is 1. The van der Waals surface area contributed by atoms with Gasteiger partial charge < -0.3 is 20.1 Å². The SMILES string of the molecule is CCOc1ccc2nc(-c3cccc(OCC(=O)NC4CC4)c3)nc(Nc3ccc(-c4cnn(PI)c4)cc3)c2c1. The molecule has 1 aliphatic rings. The highest BCUT2D eigenvalue weighted by atomic mass is 127. The van der Waals surface area contributed by atoms with E-state index in [2.05, 4.69) is 49.9 Å². The van der Waals surface area contributed by atoms with Gasteiger partial charge in [-0.2, -0.15) is 5.10 Å². The van der Waals surface area contributed by atoms with E-state index in [-0.39, 0.29) is 12.5 Å². The molecule has 11 heteroatoms. The van der Waals surface area contributed by atoms with E-state index in [1.165, 1.54) is 0 Å². The number of halogens is 1. The Morgan fingerprint density at radius 2 is 1.83 bits per heavy atom. The summed E-state index contributed by atoms with van der Waals surface area (Å²) in [6.07, 6.45) is 6.57. The molecule has 1 unspecified atom stereocenters. The van der Waals surface area contributed by atoms with Crippen LogP contribution in [0.15, 0.2) is 79.1 Å². The number of benzene rings is 3. The van der Waals surface area contributed by atoms with Crippen molar-refractivity contribution in [1.82, 2.24) is 24.8 Å². The maximum atomic E-state index is 12.1. The van der Waals surface area contributed by atoms with Crippen LogP contribution in [0.1, 0.15) is 19.8 Å². The molecule has 41 heavy (non-hydrogen) atoms. The third-order valence-corrected chi connectivity index (χ3v) is 8.43. The fraction of sp³-hybridized carbons (Fsp3) is 0.200. The molecule has 2 N–H and O–H groups in total. The Morgan fingerprint density at radius 3 is 2.59 bits per heavy atom. The highest BCUT2D eigenvalue weighted by molar-refractivity contribution is 14.2. The molecule has 2 heterocycles. The number of rotatable bonds is 11. The van der Waals surface area contributed by atoms with Crippen molar-refractivity contribution < 1.29 is 14.3 Å². The van der Waals surface area contributed by atoms with Crippen molar-refractivity contribution >= 4 is 56.7 Å². The number of fused-ring (bicyclic) bond motifs is 1. The summed E-state index contributed by atoms with van der Waals surface area (Å²) in [4.78, 5) is 21.9. The maximum absolute atomic E-state index is 12.1. The van der Waals surface area contributed by atoms with Gasteiger partial charge in [-0.05, 0) is 89.8 Å². The number of hydrogen-bond donors (Lipinski definition) is 2. The van der Waals surface area contributed by atoms with Gasteiger partial charge in [0.1, 0.15) is 17.3 Å². The number of ether oxygens (including phenoxy) is 2. The number of anilines is 2. The zero-order valence-corrected chi connectivity index (χ0v) is 25.5. The van der Waals surface area contributed by atoms with Crippen LogP contribution in [0.2, 0.25) is 0 Å². The molecule has 9 nitrogen and oxygen atoms in total. The Hall–Kier alpha value is -3.76. The summed E-state index contributed by atoms with van der Waals surface area (Å²) in [5, 5.41) is 11.7. The van der Waals surface area contributed by atoms with Crippen LogP contribution >= 0.6 is 28.4 Å². The van der Waals surface area contributed by atoms with Gasteiger partial charge in [-0.3, -0.25) is 4.79 Å². The van der Waals surface area contributed by atoms with Crippen LogP contribution < -0.4 is 20.1 Å². The van der Waals surface area contributed by atoms with Crippen LogP contribution in [-0.4, -0.2) is 44.7 Å². The zero-order valence-electron chi connectivity index (χ0n) is 22.3. The first-order chi connectivity index (χ1) is 20.1. The van der Waals surface area contributed by atoms with Crippen LogP contribution in [0.3, 0.4) is 0 Å². The second-order valence-corrected chi connectivity index (χ2v) is 11.7. The Bertz CT molecular complexity index is 1690. The van der Waals surface area contributed by atoms with E-state index in [1.54, 1.807) is 0 Å². The lowest BCUT2D eigenvalue weighted by atomic mass is 10.1. The third kappa shape index (κ3) is 6.77. The Balaban J connectivity index is 1.29. The molecule has 1 amide bonds. The van der Waals surface area contributed by atoms with Crippen molar-refractivity contribution in [3.8, 4) is 34.0 Å². The highest BCUT2D eigenvalue weighted by Gasteiger charge is 2.23. The molecule has 1 saturated carbocycles. The molecule has 1 fully saturated rings. The minimum Gasteiger partial charge on any atom is -0.494 e. The van der Waals surface area contributed by atoms with Gasteiger partial charge in [0.25, 0.3) is 5.91 Å². The Morgan fingerprint density at radius 1 is 1.00 bits per heavy atom. The standard InChI is InChI=1S/C30H28IN6O3P/c1-2-39-25-12-13-27-26(15-25)30(34-23-8-6-19(7-9-23)21-16-32-37(17-21)41-31)36-29(35-27)20-4-3-5-24(14-20)40-18-28(38)33-22-10-11-22/h3-9,12-17,22,41H,2,10-11,18H2,1H3,(H,33,38)(H,34,35,36). The van der Waals surface area contributed by atoms with Gasteiger partial charge >= 0.3 is 0 Å². The molecular formula is C30H28IN6O3P. The molecule has 208 valence electrons. The molecule has 3 aromatic carbocycles. The maximum Gasteiger partial charge on any atom is 0.258 e. The minimum absolute atomic E-state index is 0.0270. The lowest BCUT2D eigenvalue weighted by Gasteiger charge is -2.13. The Kier molecular flexibility index (Phi) is 8.29. The van der Waals surface area contributed by atoms with E-state index in [9.17, 15) is 4.79 Å². The lowest BCUT2D eigenvalue weighted by Crippen LogP contribution is -2.30. The van der Waals surface area contributed by atoms with Crippen LogP contribution in [0.4, 0.5) is 11.5 Å². The number of nitrogens with one attached hydrogen (secondary N) is 2. The van der Waals surface area contributed by atoms with E-state index >= 15 is 0 Å². The van der Waals surface area contributed by atoms with E-state index in [0.29, 0.717) is 36.4 Å². The molecule has 0 aliphatic heterocycles. The fourth-order valence-electron chi connectivity index (χ4n) is 4.36. The van der Waals surface area contributed by atoms with Crippen molar-refractivity contribution in [1.29, 1.82) is 0 Å². The van der Waals surface area contributed by atoms with E-state index < -0.39 is 0 Å². The van der Waals surface area contributed by atoms with Crippen LogP contribution in [0, 0.1) is 0 Å². The highest BCUT2D eigenvalue weighted by Crippen LogP contribution is 2.32. The average molecular weight is 678 g/mol. The number of carbonyl (C=O) groups excluding carboxylic acids is 1. The second kappa shape index (κ2) is 12.4. The third-order valence-electron chi connectivity index (χ3n) is 6.53. The van der Waals surface area contributed by atoms with Gasteiger partial charge in [0.15, 0.2) is 12.4 Å². The van der Waals surface area contributed by atoms with Gasteiger partial charge in [-0.25, -0.2) is 14.4 Å². The predicted octanol–water partition coefficient (Wildman–Crippen LogP) is 6.75. The molecule has 0 spiro atoms. The fourth-order valence-corrected chi connectivity index (χ4v) is 5.44. The number of hydrogen-bond acceptors (Lipinski definition) is 7. The second-order valence-electron chi connectivity index (χ2n) is 9.63. The summed E-state index contributed by atoms with van der Waals surface area (Å²) in [5.41, 5.74) is 4.62. The van der Waals surface area contributed by atoms with Gasteiger partial charge in [0, 0.05) is 34.4 Å². The van der Waals surface area contributed by atoms with Crippen molar-refractivity contribution in [2.24, 2.45) is 0 Å². The van der Waals surface area contributed by atoms with E-state index in [0.717, 1.165) is 51.9 Å². The normalized spacial score (nSPS) is 13.0.